The molecule has 0 spiro atoms. The summed E-state index contributed by atoms with van der Waals surface area (Å²) < 4.78 is 52.9. The Labute approximate surface area is 315 Å². The van der Waals surface area contributed by atoms with Gasteiger partial charge in [-0.1, -0.05) is 39.3 Å². The zero-order valence-electron chi connectivity index (χ0n) is 32.0. The van der Waals surface area contributed by atoms with Crippen molar-refractivity contribution in [2.24, 2.45) is 5.92 Å². The molecule has 0 bridgehead atoms. The number of aromatic nitrogens is 4. The second-order valence-electron chi connectivity index (χ2n) is 17.0. The van der Waals surface area contributed by atoms with Crippen molar-refractivity contribution in [3.05, 3.63) is 46.7 Å². The summed E-state index contributed by atoms with van der Waals surface area (Å²) in [6.07, 6.45) is -1.94. The van der Waals surface area contributed by atoms with Gasteiger partial charge in [0.1, 0.15) is 17.5 Å². The summed E-state index contributed by atoms with van der Waals surface area (Å²) in [7, 11) is -2.19. The highest BCUT2D eigenvalue weighted by Crippen LogP contribution is 2.47. The van der Waals surface area contributed by atoms with Crippen LogP contribution < -0.4 is 10.2 Å². The van der Waals surface area contributed by atoms with Crippen molar-refractivity contribution in [2.45, 2.75) is 103 Å². The van der Waals surface area contributed by atoms with Crippen LogP contribution in [0.4, 0.5) is 35.4 Å². The first-order chi connectivity index (χ1) is 24.5. The molecule has 53 heavy (non-hydrogen) atoms. The van der Waals surface area contributed by atoms with Crippen LogP contribution in [0.2, 0.25) is 23.3 Å². The smallest absolute Gasteiger partial charge is 0.414 e. The number of carbonyl (C=O) groups excluding carboxylic acids is 1. The molecule has 4 heterocycles. The van der Waals surface area contributed by atoms with Crippen LogP contribution in [-0.4, -0.2) is 83.6 Å². The van der Waals surface area contributed by atoms with E-state index in [1.54, 1.807) is 34.0 Å². The van der Waals surface area contributed by atoms with E-state index < -0.39 is 38.1 Å². The minimum Gasteiger partial charge on any atom is -0.443 e. The number of likely N-dealkylation sites (tertiary alicyclic amines) is 1. The Morgan fingerprint density at radius 3 is 2.42 bits per heavy atom. The lowest BCUT2D eigenvalue weighted by Gasteiger charge is -2.39. The zero-order chi connectivity index (χ0) is 39.1. The van der Waals surface area contributed by atoms with Gasteiger partial charge >= 0.3 is 12.3 Å². The molecule has 1 atom stereocenters. The highest BCUT2D eigenvalue weighted by atomic mass is 35.5. The van der Waals surface area contributed by atoms with Gasteiger partial charge in [-0.2, -0.15) is 23.5 Å². The molecule has 1 saturated heterocycles. The lowest BCUT2D eigenvalue weighted by atomic mass is 9.83. The van der Waals surface area contributed by atoms with Gasteiger partial charge in [0.2, 0.25) is 5.95 Å². The maximum atomic E-state index is 13.6. The number of fused-ring (bicyclic) bond motifs is 1. The second kappa shape index (κ2) is 14.8. The molecule has 5 rings (SSSR count). The van der Waals surface area contributed by atoms with E-state index in [-0.39, 0.29) is 28.6 Å². The number of nitrogens with one attached hydrogen (secondary N) is 1. The third kappa shape index (κ3) is 9.70. The van der Waals surface area contributed by atoms with E-state index in [2.05, 4.69) is 55.3 Å². The molecule has 0 saturated carbocycles. The number of rotatable bonds is 9. The standard InChI is InChI=1S/C37H50ClF3N8O3Si/c1-34(2,3)52-33(50)48-21-36(7,23-51-53(8,9)35(4,5)6)27-17-25(16-26(19-42)31(27)48)28-10-13-43-32(44-28)45-30-18-29(38)46-49(30)20-24-11-14-47(15-12-24)22-37(39,40)41/h10,13,16-18,24H,11-12,14-15,20-23H2,1-9H3,(H,43,44,45)/t36-/m1/s1. The summed E-state index contributed by atoms with van der Waals surface area (Å²) in [4.78, 5) is 25.8. The van der Waals surface area contributed by atoms with Crippen LogP contribution in [0.5, 0.6) is 0 Å². The summed E-state index contributed by atoms with van der Waals surface area (Å²) >= 11 is 6.31. The van der Waals surface area contributed by atoms with Crippen molar-refractivity contribution in [3.63, 3.8) is 0 Å². The van der Waals surface area contributed by atoms with Gasteiger partial charge in [0.05, 0.1) is 23.5 Å². The number of carbonyl (C=O) groups is 1. The molecule has 2 aromatic heterocycles. The molecular weight excluding hydrogens is 725 g/mol. The number of alkyl halides is 3. The molecule has 2 aliphatic rings. The monoisotopic (exact) mass is 774 g/mol. The molecule has 1 fully saturated rings. The van der Waals surface area contributed by atoms with Gasteiger partial charge in [-0.05, 0) is 94.5 Å². The molecule has 1 amide bonds. The van der Waals surface area contributed by atoms with Gasteiger partial charge in [-0.25, -0.2) is 19.4 Å². The van der Waals surface area contributed by atoms with E-state index in [0.717, 1.165) is 5.56 Å². The fourth-order valence-electron chi connectivity index (χ4n) is 6.43. The lowest BCUT2D eigenvalue weighted by molar-refractivity contribution is -0.148. The van der Waals surface area contributed by atoms with Gasteiger partial charge in [-0.15, -0.1) is 0 Å². The highest BCUT2D eigenvalue weighted by molar-refractivity contribution is 6.74. The predicted octanol–water partition coefficient (Wildman–Crippen LogP) is 8.92. The molecular formula is C37H50ClF3N8O3Si. The first kappa shape index (κ1) is 40.5. The van der Waals surface area contributed by atoms with Crippen LogP contribution in [-0.2, 0) is 21.1 Å². The average molecular weight is 775 g/mol. The van der Waals surface area contributed by atoms with Crippen LogP contribution in [0.25, 0.3) is 11.3 Å². The maximum absolute atomic E-state index is 13.6. The van der Waals surface area contributed by atoms with Crippen molar-refractivity contribution < 1.29 is 27.1 Å². The van der Waals surface area contributed by atoms with Gasteiger partial charge in [0.15, 0.2) is 13.5 Å². The summed E-state index contributed by atoms with van der Waals surface area (Å²) in [5, 5.41) is 18.3. The number of nitriles is 1. The normalized spacial score (nSPS) is 18.9. The number of ether oxygens (including phenoxy) is 1. The number of hydrogen-bond donors (Lipinski definition) is 1. The minimum atomic E-state index is -4.22. The fraction of sp³-hybridized carbons (Fsp3) is 0.595. The van der Waals surface area contributed by atoms with Gasteiger partial charge in [0, 0.05) is 42.9 Å². The molecule has 11 nitrogen and oxygen atoms in total. The minimum absolute atomic E-state index is 0.0342. The van der Waals surface area contributed by atoms with Crippen LogP contribution >= 0.6 is 11.6 Å². The van der Waals surface area contributed by atoms with E-state index >= 15 is 0 Å². The summed E-state index contributed by atoms with van der Waals surface area (Å²) in [5.74, 6) is 0.924. The SMILES string of the molecule is CC(C)(C)OC(=O)N1C[C@](C)(CO[Si](C)(C)C(C)(C)C)c2cc(-c3ccnc(Nc4cc(Cl)nn4CC4CCN(CC(F)(F)F)CC4)n3)cc(C#N)c21. The molecule has 0 unspecified atom stereocenters. The van der Waals surface area contributed by atoms with Crippen LogP contribution in [0, 0.1) is 17.2 Å². The average Bonchev–Trinajstić information content (AvgIpc) is 3.54. The van der Waals surface area contributed by atoms with Crippen molar-refractivity contribution in [1.82, 2.24) is 24.6 Å². The van der Waals surface area contributed by atoms with Crippen LogP contribution in [0.1, 0.15) is 72.4 Å². The first-order valence-corrected chi connectivity index (χ1v) is 21.1. The molecule has 0 aliphatic carbocycles. The molecule has 1 N–H and O–H groups in total. The predicted molar refractivity (Wildman–Crippen MR) is 202 cm³/mol. The number of amides is 1. The van der Waals surface area contributed by atoms with E-state index in [4.69, 9.17) is 25.7 Å². The van der Waals surface area contributed by atoms with E-state index in [1.807, 2.05) is 33.8 Å². The summed E-state index contributed by atoms with van der Waals surface area (Å²) in [6, 6.07) is 9.39. The molecule has 288 valence electrons. The van der Waals surface area contributed by atoms with E-state index in [1.165, 1.54) is 4.90 Å². The van der Waals surface area contributed by atoms with Crippen molar-refractivity contribution in [3.8, 4) is 17.3 Å². The van der Waals surface area contributed by atoms with E-state index in [9.17, 15) is 23.2 Å². The molecule has 2 aliphatic heterocycles. The Balaban J connectivity index is 1.44. The van der Waals surface area contributed by atoms with Gasteiger partial charge < -0.3 is 14.5 Å². The fourth-order valence-corrected chi connectivity index (χ4v) is 7.74. The van der Waals surface area contributed by atoms with Crippen LogP contribution in [0.15, 0.2) is 30.5 Å². The number of hydrogen-bond acceptors (Lipinski definition) is 9. The van der Waals surface area contributed by atoms with E-state index in [0.29, 0.717) is 67.4 Å². The topological polar surface area (TPSA) is 121 Å². The Morgan fingerprint density at radius 2 is 1.81 bits per heavy atom. The number of benzene rings is 1. The van der Waals surface area contributed by atoms with Crippen molar-refractivity contribution >= 4 is 43.5 Å². The second-order valence-corrected chi connectivity index (χ2v) is 22.2. The Kier molecular flexibility index (Phi) is 11.3. The van der Waals surface area contributed by atoms with Crippen LogP contribution in [0.3, 0.4) is 0 Å². The Hall–Kier alpha value is -3.71. The molecule has 3 aromatic rings. The number of anilines is 3. The summed E-state index contributed by atoms with van der Waals surface area (Å²) in [5.41, 5.74) is 1.39. The van der Waals surface area contributed by atoms with Gasteiger partial charge in [-0.3, -0.25) is 9.80 Å². The van der Waals surface area contributed by atoms with Crippen molar-refractivity contribution in [2.75, 3.05) is 43.0 Å². The Bertz CT molecular complexity index is 1860. The summed E-state index contributed by atoms with van der Waals surface area (Å²) in [6.45, 7) is 19.3. The largest absolute Gasteiger partial charge is 0.443 e. The zero-order valence-corrected chi connectivity index (χ0v) is 33.7. The quantitative estimate of drug-likeness (QED) is 0.213. The third-order valence-electron chi connectivity index (χ3n) is 10.3. The molecule has 0 radical (unpaired) electrons. The third-order valence-corrected chi connectivity index (χ3v) is 15.0. The van der Waals surface area contributed by atoms with Gasteiger partial charge in [0.25, 0.3) is 0 Å². The van der Waals surface area contributed by atoms with Crippen molar-refractivity contribution in [1.29, 1.82) is 5.26 Å². The molecule has 16 heteroatoms. The number of piperidine rings is 1. The first-order valence-electron chi connectivity index (χ1n) is 17.8. The highest BCUT2D eigenvalue weighted by Gasteiger charge is 2.47. The lowest BCUT2D eigenvalue weighted by Crippen LogP contribution is -2.46. The Morgan fingerprint density at radius 1 is 1.13 bits per heavy atom. The number of nitrogens with zero attached hydrogens (tertiary/aromatic N) is 7. The maximum Gasteiger partial charge on any atom is 0.414 e. The molecule has 1 aromatic carbocycles. The number of halogens is 4.